The van der Waals surface area contributed by atoms with E-state index in [1.165, 1.54) is 11.8 Å². The molecule has 1 amide bonds. The highest BCUT2D eigenvalue weighted by Crippen LogP contribution is 2.31. The number of nitrogens with zero attached hydrogens (tertiary/aromatic N) is 3. The van der Waals surface area contributed by atoms with E-state index in [1.807, 2.05) is 26.0 Å². The van der Waals surface area contributed by atoms with E-state index in [0.29, 0.717) is 27.6 Å². The number of anilines is 1. The van der Waals surface area contributed by atoms with Crippen molar-refractivity contribution in [3.63, 3.8) is 0 Å². The Morgan fingerprint density at radius 2 is 2.04 bits per heavy atom. The normalized spacial score (nSPS) is 10.5. The molecule has 2 heterocycles. The average Bonchev–Trinajstić information content (AvgIpc) is 2.88. The molecule has 1 N–H and O–H groups in total. The summed E-state index contributed by atoms with van der Waals surface area (Å²) in [7, 11) is 0. The lowest BCUT2D eigenvalue weighted by molar-refractivity contribution is 0.102. The molecular formula is C17H14N4O2S. The summed E-state index contributed by atoms with van der Waals surface area (Å²) in [4.78, 5) is 21.1. The zero-order valence-corrected chi connectivity index (χ0v) is 14.0. The van der Waals surface area contributed by atoms with E-state index in [2.05, 4.69) is 15.3 Å². The molecule has 3 aromatic rings. The van der Waals surface area contributed by atoms with Crippen molar-refractivity contribution < 1.29 is 9.21 Å². The van der Waals surface area contributed by atoms with Crippen LogP contribution in [0.4, 0.5) is 5.82 Å². The number of benzene rings is 1. The van der Waals surface area contributed by atoms with Gasteiger partial charge in [0.05, 0.1) is 17.2 Å². The molecule has 1 aromatic carbocycles. The smallest absolute Gasteiger partial charge is 0.256 e. The van der Waals surface area contributed by atoms with E-state index in [0.717, 1.165) is 11.3 Å². The van der Waals surface area contributed by atoms with Crippen molar-refractivity contribution in [1.29, 1.82) is 5.26 Å². The van der Waals surface area contributed by atoms with Gasteiger partial charge in [0.25, 0.3) is 5.91 Å². The number of carbonyl (C=O) groups excluding carboxylic acids is 1. The number of nitrogens with one attached hydrogen (secondary N) is 1. The summed E-state index contributed by atoms with van der Waals surface area (Å²) in [6, 6.07) is 10.9. The first-order chi connectivity index (χ1) is 11.6. The van der Waals surface area contributed by atoms with Gasteiger partial charge in [0, 0.05) is 11.1 Å². The third kappa shape index (κ3) is 3.09. The summed E-state index contributed by atoms with van der Waals surface area (Å²) in [5.41, 5.74) is 1.82. The van der Waals surface area contributed by atoms with Crippen LogP contribution in [0.15, 0.2) is 39.9 Å². The molecule has 0 bridgehead atoms. The van der Waals surface area contributed by atoms with Crippen LogP contribution >= 0.6 is 11.8 Å². The number of fused-ring (bicyclic) bond motifs is 1. The summed E-state index contributed by atoms with van der Waals surface area (Å²) in [5, 5.41) is 12.6. The van der Waals surface area contributed by atoms with Crippen LogP contribution in [0.5, 0.6) is 0 Å². The predicted molar refractivity (Wildman–Crippen MR) is 92.0 cm³/mol. The maximum absolute atomic E-state index is 12.4. The van der Waals surface area contributed by atoms with Gasteiger partial charge in [0.2, 0.25) is 5.71 Å². The van der Waals surface area contributed by atoms with Crippen LogP contribution in [0.25, 0.3) is 11.1 Å². The molecule has 0 saturated heterocycles. The number of thioether (sulfide) groups is 1. The van der Waals surface area contributed by atoms with E-state index >= 15 is 0 Å². The van der Waals surface area contributed by atoms with Crippen molar-refractivity contribution in [2.24, 2.45) is 0 Å². The van der Waals surface area contributed by atoms with Crippen molar-refractivity contribution in [3.05, 3.63) is 47.2 Å². The number of rotatable bonds is 4. The molecule has 0 aliphatic carbocycles. The summed E-state index contributed by atoms with van der Waals surface area (Å²) in [6.07, 6.45) is 0. The van der Waals surface area contributed by atoms with Crippen LogP contribution in [0.3, 0.4) is 0 Å². The number of amides is 1. The Balaban J connectivity index is 2.04. The first kappa shape index (κ1) is 16.0. The molecule has 6 nitrogen and oxygen atoms in total. The molecule has 2 aromatic heterocycles. The van der Waals surface area contributed by atoms with Crippen molar-refractivity contribution >= 4 is 34.6 Å². The molecule has 0 fully saturated rings. The van der Waals surface area contributed by atoms with Gasteiger partial charge in [-0.3, -0.25) is 4.79 Å². The quantitative estimate of drug-likeness (QED) is 0.576. The molecule has 0 aliphatic heterocycles. The summed E-state index contributed by atoms with van der Waals surface area (Å²) < 4.78 is 5.65. The Labute approximate surface area is 142 Å². The van der Waals surface area contributed by atoms with Crippen LogP contribution in [0.1, 0.15) is 21.7 Å². The highest BCUT2D eigenvalue weighted by Gasteiger charge is 2.18. The maximum atomic E-state index is 12.4. The van der Waals surface area contributed by atoms with Crippen LogP contribution in [0, 0.1) is 25.2 Å². The van der Waals surface area contributed by atoms with Crippen LogP contribution < -0.4 is 5.32 Å². The van der Waals surface area contributed by atoms with Crippen molar-refractivity contribution in [3.8, 4) is 6.07 Å². The fraction of sp³-hybridized carbons (Fsp3) is 0.176. The Hall–Kier alpha value is -2.85. The van der Waals surface area contributed by atoms with Gasteiger partial charge in [-0.25, -0.2) is 4.98 Å². The topological polar surface area (TPSA) is 91.8 Å². The third-order valence-electron chi connectivity index (χ3n) is 3.54. The lowest BCUT2D eigenvalue weighted by Crippen LogP contribution is -2.13. The summed E-state index contributed by atoms with van der Waals surface area (Å²) in [6.45, 7) is 3.73. The monoisotopic (exact) mass is 338 g/mol. The zero-order valence-electron chi connectivity index (χ0n) is 13.2. The standard InChI is InChI=1S/C17H14N4O2S/c1-10-11(2)23-16-13(10)14(20-17(21-16)24-9-8-18)19-15(22)12-6-4-3-5-7-12/h3-7H,9H2,1-2H3,(H,19,20,21,22). The van der Waals surface area contributed by atoms with E-state index in [-0.39, 0.29) is 11.7 Å². The predicted octanol–water partition coefficient (Wildman–Crippen LogP) is 3.71. The van der Waals surface area contributed by atoms with Crippen molar-refractivity contribution in [1.82, 2.24) is 9.97 Å². The minimum atomic E-state index is -0.259. The second-order valence-electron chi connectivity index (χ2n) is 5.09. The number of furan rings is 1. The highest BCUT2D eigenvalue weighted by atomic mass is 32.2. The number of aromatic nitrogens is 2. The number of hydrogen-bond donors (Lipinski definition) is 1. The molecule has 0 spiro atoms. The molecule has 0 radical (unpaired) electrons. The van der Waals surface area contributed by atoms with Gasteiger partial charge >= 0.3 is 0 Å². The molecule has 0 saturated carbocycles. The lowest BCUT2D eigenvalue weighted by Gasteiger charge is -2.07. The van der Waals surface area contributed by atoms with Gasteiger partial charge < -0.3 is 9.73 Å². The first-order valence-corrected chi connectivity index (χ1v) is 8.22. The molecule has 0 unspecified atom stereocenters. The van der Waals surface area contributed by atoms with Crippen molar-refractivity contribution in [2.75, 3.05) is 11.1 Å². The fourth-order valence-electron chi connectivity index (χ4n) is 2.25. The van der Waals surface area contributed by atoms with Gasteiger partial charge in [-0.05, 0) is 26.0 Å². The van der Waals surface area contributed by atoms with Gasteiger partial charge in [0.15, 0.2) is 5.16 Å². The van der Waals surface area contributed by atoms with E-state index in [1.54, 1.807) is 24.3 Å². The fourth-order valence-corrected chi connectivity index (χ4v) is 2.75. The molecule has 7 heteroatoms. The second-order valence-corrected chi connectivity index (χ2v) is 6.03. The lowest BCUT2D eigenvalue weighted by atomic mass is 10.2. The van der Waals surface area contributed by atoms with Gasteiger partial charge in [-0.2, -0.15) is 10.2 Å². The van der Waals surface area contributed by atoms with Crippen LogP contribution in [-0.2, 0) is 0 Å². The van der Waals surface area contributed by atoms with Gasteiger partial charge in [-0.15, -0.1) is 0 Å². The maximum Gasteiger partial charge on any atom is 0.256 e. The molecule has 0 aliphatic rings. The number of hydrogen-bond acceptors (Lipinski definition) is 6. The molecule has 120 valence electrons. The van der Waals surface area contributed by atoms with Crippen LogP contribution in [0.2, 0.25) is 0 Å². The van der Waals surface area contributed by atoms with Gasteiger partial charge in [0.1, 0.15) is 11.6 Å². The highest BCUT2D eigenvalue weighted by molar-refractivity contribution is 7.99. The minimum absolute atomic E-state index is 0.219. The molecule has 3 rings (SSSR count). The molecular weight excluding hydrogens is 324 g/mol. The summed E-state index contributed by atoms with van der Waals surface area (Å²) in [5.74, 6) is 1.07. The van der Waals surface area contributed by atoms with E-state index in [9.17, 15) is 4.79 Å². The van der Waals surface area contributed by atoms with Crippen molar-refractivity contribution in [2.45, 2.75) is 19.0 Å². The number of aryl methyl sites for hydroxylation is 2. The Kier molecular flexibility index (Phi) is 4.49. The minimum Gasteiger partial charge on any atom is -0.443 e. The molecule has 0 atom stereocenters. The number of carbonyl (C=O) groups is 1. The third-order valence-corrected chi connectivity index (χ3v) is 4.26. The Morgan fingerprint density at radius 1 is 1.29 bits per heavy atom. The second kappa shape index (κ2) is 6.72. The summed E-state index contributed by atoms with van der Waals surface area (Å²) >= 11 is 1.19. The van der Waals surface area contributed by atoms with E-state index < -0.39 is 0 Å². The average molecular weight is 338 g/mol. The Bertz CT molecular complexity index is 945. The first-order valence-electron chi connectivity index (χ1n) is 7.24. The van der Waals surface area contributed by atoms with Crippen LogP contribution in [-0.4, -0.2) is 21.6 Å². The van der Waals surface area contributed by atoms with E-state index in [4.69, 9.17) is 9.68 Å². The largest absolute Gasteiger partial charge is 0.443 e. The Morgan fingerprint density at radius 3 is 2.75 bits per heavy atom. The number of nitriles is 1. The zero-order chi connectivity index (χ0) is 17.1. The van der Waals surface area contributed by atoms with Gasteiger partial charge in [-0.1, -0.05) is 30.0 Å². The molecule has 24 heavy (non-hydrogen) atoms. The SMILES string of the molecule is Cc1oc2nc(SCC#N)nc(NC(=O)c3ccccc3)c2c1C.